The number of aromatic nitrogens is 1. The van der Waals surface area contributed by atoms with Gasteiger partial charge in [-0.2, -0.15) is 4.31 Å². The van der Waals surface area contributed by atoms with Crippen molar-refractivity contribution in [2.45, 2.75) is 25.2 Å². The van der Waals surface area contributed by atoms with Gasteiger partial charge in [-0.25, -0.2) is 13.4 Å². The minimum atomic E-state index is -3.78. The summed E-state index contributed by atoms with van der Waals surface area (Å²) in [4.78, 5) is 17.9. The number of thiazole rings is 1. The van der Waals surface area contributed by atoms with Crippen molar-refractivity contribution in [2.75, 3.05) is 18.4 Å². The van der Waals surface area contributed by atoms with E-state index < -0.39 is 15.9 Å². The largest absolute Gasteiger partial charge is 0.298 e. The average molecular weight is 464 g/mol. The number of amides is 1. The van der Waals surface area contributed by atoms with Crippen LogP contribution in [0.4, 0.5) is 5.13 Å². The summed E-state index contributed by atoms with van der Waals surface area (Å²) in [5.41, 5.74) is 1.35. The molecule has 0 aliphatic heterocycles. The highest BCUT2D eigenvalue weighted by molar-refractivity contribution is 7.89. The number of carbonyl (C=O) groups excluding carboxylic acids is 1. The molecule has 3 rings (SSSR count). The molecule has 0 radical (unpaired) electrons. The predicted octanol–water partition coefficient (Wildman–Crippen LogP) is 4.67. The second-order valence-corrected chi connectivity index (χ2v) is 9.91. The first-order valence-corrected chi connectivity index (χ1v) is 12.1. The van der Waals surface area contributed by atoms with Crippen LogP contribution < -0.4 is 5.32 Å². The zero-order chi connectivity index (χ0) is 21.7. The fourth-order valence-corrected chi connectivity index (χ4v) is 5.76. The van der Waals surface area contributed by atoms with Gasteiger partial charge in [-0.15, -0.1) is 11.3 Å². The van der Waals surface area contributed by atoms with Gasteiger partial charge in [0.05, 0.1) is 5.02 Å². The lowest BCUT2D eigenvalue weighted by molar-refractivity contribution is 0.102. The minimum Gasteiger partial charge on any atom is -0.298 e. The van der Waals surface area contributed by atoms with E-state index in [1.165, 1.54) is 33.8 Å². The summed E-state index contributed by atoms with van der Waals surface area (Å²) < 4.78 is 26.9. The number of anilines is 1. The number of benzene rings is 2. The monoisotopic (exact) mass is 463 g/mol. The van der Waals surface area contributed by atoms with Gasteiger partial charge in [-0.1, -0.05) is 55.8 Å². The van der Waals surface area contributed by atoms with Crippen LogP contribution in [0.15, 0.2) is 59.6 Å². The molecular formula is C21H22ClN3O3S2. The van der Waals surface area contributed by atoms with E-state index in [2.05, 4.69) is 10.3 Å². The number of hydrogen-bond donors (Lipinski definition) is 1. The second kappa shape index (κ2) is 9.70. The van der Waals surface area contributed by atoms with E-state index in [1.807, 2.05) is 30.3 Å². The Balaban J connectivity index is 1.78. The molecule has 3 aromatic rings. The van der Waals surface area contributed by atoms with Crippen molar-refractivity contribution in [1.82, 2.24) is 9.29 Å². The lowest BCUT2D eigenvalue weighted by Gasteiger charge is -2.19. The number of nitrogens with zero attached hydrogens (tertiary/aromatic N) is 2. The maximum absolute atomic E-state index is 12.8. The molecule has 0 aliphatic rings. The van der Waals surface area contributed by atoms with Gasteiger partial charge in [-0.05, 0) is 23.8 Å². The van der Waals surface area contributed by atoms with E-state index >= 15 is 0 Å². The van der Waals surface area contributed by atoms with Crippen LogP contribution in [0.1, 0.15) is 34.6 Å². The van der Waals surface area contributed by atoms with Gasteiger partial charge < -0.3 is 0 Å². The quantitative estimate of drug-likeness (QED) is 0.526. The fourth-order valence-electron chi connectivity index (χ4n) is 2.96. The van der Waals surface area contributed by atoms with Gasteiger partial charge in [0.25, 0.3) is 5.91 Å². The van der Waals surface area contributed by atoms with E-state index in [9.17, 15) is 13.2 Å². The predicted molar refractivity (Wildman–Crippen MR) is 121 cm³/mol. The topological polar surface area (TPSA) is 79.4 Å². The Kier molecular flexibility index (Phi) is 7.25. The van der Waals surface area contributed by atoms with E-state index in [1.54, 1.807) is 20.0 Å². The first kappa shape index (κ1) is 22.4. The van der Waals surface area contributed by atoms with Crippen molar-refractivity contribution in [3.8, 4) is 0 Å². The number of sulfonamides is 1. The lowest BCUT2D eigenvalue weighted by Crippen LogP contribution is -2.31. The molecule has 1 aromatic heterocycles. The van der Waals surface area contributed by atoms with E-state index in [0.29, 0.717) is 18.2 Å². The number of nitrogens with one attached hydrogen (secondary N) is 1. The van der Waals surface area contributed by atoms with Crippen LogP contribution in [-0.2, 0) is 16.4 Å². The molecule has 0 unspecified atom stereocenters. The van der Waals surface area contributed by atoms with E-state index in [0.717, 1.165) is 16.9 Å². The maximum Gasteiger partial charge on any atom is 0.257 e. The second-order valence-electron chi connectivity index (χ2n) is 6.48. The van der Waals surface area contributed by atoms with E-state index in [-0.39, 0.29) is 15.5 Å². The molecule has 1 N–H and O–H groups in total. The zero-order valence-electron chi connectivity index (χ0n) is 16.6. The Morgan fingerprint density at radius 3 is 2.50 bits per heavy atom. The highest BCUT2D eigenvalue weighted by atomic mass is 35.5. The van der Waals surface area contributed by atoms with Gasteiger partial charge in [0.15, 0.2) is 5.13 Å². The molecule has 1 amide bonds. The van der Waals surface area contributed by atoms with Gasteiger partial charge in [0.1, 0.15) is 4.90 Å². The van der Waals surface area contributed by atoms with Crippen LogP contribution in [0.5, 0.6) is 0 Å². The van der Waals surface area contributed by atoms with Crippen LogP contribution in [0.3, 0.4) is 0 Å². The van der Waals surface area contributed by atoms with Crippen LogP contribution >= 0.6 is 22.9 Å². The Hall–Kier alpha value is -2.26. The molecule has 0 fully saturated rings. The van der Waals surface area contributed by atoms with Crippen LogP contribution in [0.2, 0.25) is 5.02 Å². The molecule has 0 saturated carbocycles. The Morgan fingerprint density at radius 1 is 1.13 bits per heavy atom. The SMILES string of the molecule is CCN(CC)S(=O)(=O)c1cc(C(=O)Nc2ncc(Cc3ccccc3)s2)ccc1Cl. The molecule has 1 heterocycles. The smallest absolute Gasteiger partial charge is 0.257 e. The summed E-state index contributed by atoms with van der Waals surface area (Å²) in [6.45, 7) is 4.13. The Labute approximate surface area is 185 Å². The molecule has 9 heteroatoms. The number of carbonyl (C=O) groups is 1. The number of halogens is 1. The maximum atomic E-state index is 12.8. The third-order valence-corrected chi connectivity index (χ3v) is 7.96. The molecule has 0 spiro atoms. The van der Waals surface area contributed by atoms with Gasteiger partial charge in [0.2, 0.25) is 10.0 Å². The lowest BCUT2D eigenvalue weighted by atomic mass is 10.1. The van der Waals surface area contributed by atoms with Crippen molar-refractivity contribution in [3.05, 3.63) is 75.8 Å². The summed E-state index contributed by atoms with van der Waals surface area (Å²) in [5.74, 6) is -0.441. The number of rotatable bonds is 8. The van der Waals surface area contributed by atoms with Gasteiger partial charge in [-0.3, -0.25) is 10.1 Å². The van der Waals surface area contributed by atoms with Crippen LogP contribution in [0, 0.1) is 0 Å². The Bertz CT molecular complexity index is 1130. The molecule has 0 bridgehead atoms. The van der Waals surface area contributed by atoms with Crippen LogP contribution in [-0.4, -0.2) is 36.7 Å². The Morgan fingerprint density at radius 2 is 1.83 bits per heavy atom. The third kappa shape index (κ3) is 5.07. The normalized spacial score (nSPS) is 11.6. The van der Waals surface area contributed by atoms with Crippen LogP contribution in [0.25, 0.3) is 0 Å². The van der Waals surface area contributed by atoms with Gasteiger partial charge >= 0.3 is 0 Å². The molecule has 2 aromatic carbocycles. The molecule has 6 nitrogen and oxygen atoms in total. The van der Waals surface area contributed by atoms with Crippen molar-refractivity contribution >= 4 is 44.0 Å². The molecular weight excluding hydrogens is 442 g/mol. The summed E-state index contributed by atoms with van der Waals surface area (Å²) in [6, 6.07) is 14.2. The minimum absolute atomic E-state index is 0.0792. The van der Waals surface area contributed by atoms with Crippen molar-refractivity contribution < 1.29 is 13.2 Å². The average Bonchev–Trinajstić information content (AvgIpc) is 3.16. The molecule has 0 saturated heterocycles. The molecule has 158 valence electrons. The summed E-state index contributed by atoms with van der Waals surface area (Å²) in [6.07, 6.45) is 2.45. The number of hydrogen-bond acceptors (Lipinski definition) is 5. The first-order valence-electron chi connectivity index (χ1n) is 9.44. The van der Waals surface area contributed by atoms with E-state index in [4.69, 9.17) is 11.6 Å². The highest BCUT2D eigenvalue weighted by Crippen LogP contribution is 2.27. The van der Waals surface area contributed by atoms with Crippen molar-refractivity contribution in [3.63, 3.8) is 0 Å². The standard InChI is InChI=1S/C21H22ClN3O3S2/c1-3-25(4-2)30(27,28)19-13-16(10-11-18(19)22)20(26)24-21-23-14-17(29-21)12-15-8-6-5-7-9-15/h5-11,13-14H,3-4,12H2,1-2H3,(H,23,24,26). The van der Waals surface area contributed by atoms with Gasteiger partial charge in [0, 0.05) is 36.1 Å². The summed E-state index contributed by atoms with van der Waals surface area (Å²) >= 11 is 7.52. The fraction of sp³-hybridized carbons (Fsp3) is 0.238. The third-order valence-electron chi connectivity index (χ3n) is 4.51. The highest BCUT2D eigenvalue weighted by Gasteiger charge is 2.25. The zero-order valence-corrected chi connectivity index (χ0v) is 19.0. The van der Waals surface area contributed by atoms with Crippen molar-refractivity contribution in [2.24, 2.45) is 0 Å². The first-order chi connectivity index (χ1) is 14.3. The van der Waals surface area contributed by atoms with Crippen molar-refractivity contribution in [1.29, 1.82) is 0 Å². The molecule has 0 aliphatic carbocycles. The molecule has 0 atom stereocenters. The molecule has 30 heavy (non-hydrogen) atoms. The summed E-state index contributed by atoms with van der Waals surface area (Å²) in [5, 5.41) is 3.27. The summed E-state index contributed by atoms with van der Waals surface area (Å²) in [7, 11) is -3.78.